The van der Waals surface area contributed by atoms with E-state index in [0.717, 1.165) is 0 Å². The molecule has 1 aromatic heterocycles. The van der Waals surface area contributed by atoms with Gasteiger partial charge in [0.05, 0.1) is 11.0 Å². The highest BCUT2D eigenvalue weighted by atomic mass is 19.4. The summed E-state index contributed by atoms with van der Waals surface area (Å²) >= 11 is 0. The molecule has 0 unspecified atom stereocenters. The van der Waals surface area contributed by atoms with Gasteiger partial charge in [0.2, 0.25) is 0 Å². The van der Waals surface area contributed by atoms with Crippen LogP contribution in [0.1, 0.15) is 5.82 Å². The van der Waals surface area contributed by atoms with Crippen molar-refractivity contribution in [2.75, 3.05) is 6.61 Å². The topological polar surface area (TPSA) is 37.9 Å². The molecule has 0 radical (unpaired) electrons. The van der Waals surface area contributed by atoms with Crippen LogP contribution >= 0.6 is 0 Å². The van der Waals surface area contributed by atoms with Crippen molar-refractivity contribution in [3.63, 3.8) is 0 Å². The third-order valence-electron chi connectivity index (χ3n) is 2.00. The predicted molar refractivity (Wildman–Crippen MR) is 51.8 cm³/mol. The molecule has 0 saturated carbocycles. The number of aromatic amines is 1. The van der Waals surface area contributed by atoms with E-state index in [9.17, 15) is 17.6 Å². The van der Waals surface area contributed by atoms with Crippen LogP contribution in [0, 0.1) is 5.82 Å². The molecule has 3 nitrogen and oxygen atoms in total. The molecule has 0 aliphatic carbocycles. The highest BCUT2D eigenvalue weighted by Gasteiger charge is 2.27. The van der Waals surface area contributed by atoms with Crippen molar-refractivity contribution < 1.29 is 22.3 Å². The number of ether oxygens (including phenoxy) is 1. The molecule has 0 aliphatic rings. The van der Waals surface area contributed by atoms with Gasteiger partial charge in [-0.1, -0.05) is 0 Å². The van der Waals surface area contributed by atoms with Crippen molar-refractivity contribution in [1.82, 2.24) is 9.97 Å². The third-order valence-corrected chi connectivity index (χ3v) is 2.00. The van der Waals surface area contributed by atoms with Crippen LogP contribution in [0.3, 0.4) is 0 Å². The van der Waals surface area contributed by atoms with Crippen molar-refractivity contribution >= 4 is 11.0 Å². The molecule has 1 heterocycles. The smallest absolute Gasteiger partial charge is 0.364 e. The lowest BCUT2D eigenvalue weighted by molar-refractivity contribution is -0.177. The van der Waals surface area contributed by atoms with Crippen molar-refractivity contribution in [3.8, 4) is 0 Å². The number of aromatic nitrogens is 2. The zero-order chi connectivity index (χ0) is 12.5. The number of hydrogen-bond donors (Lipinski definition) is 1. The first kappa shape index (κ1) is 11.8. The molecule has 0 aliphatic heterocycles. The summed E-state index contributed by atoms with van der Waals surface area (Å²) in [5.41, 5.74) is 0.910. The number of nitrogens with one attached hydrogen (secondary N) is 1. The molecule has 17 heavy (non-hydrogen) atoms. The number of hydrogen-bond acceptors (Lipinski definition) is 2. The van der Waals surface area contributed by atoms with Gasteiger partial charge in [0.15, 0.2) is 0 Å². The number of rotatable bonds is 3. The van der Waals surface area contributed by atoms with Gasteiger partial charge < -0.3 is 9.72 Å². The highest BCUT2D eigenvalue weighted by molar-refractivity contribution is 5.74. The number of nitrogens with zero attached hydrogens (tertiary/aromatic N) is 1. The lowest BCUT2D eigenvalue weighted by atomic mass is 10.3. The predicted octanol–water partition coefficient (Wildman–Crippen LogP) is 2.78. The monoisotopic (exact) mass is 248 g/mol. The minimum absolute atomic E-state index is 0.231. The number of H-pyrrole nitrogens is 1. The highest BCUT2D eigenvalue weighted by Crippen LogP contribution is 2.16. The van der Waals surface area contributed by atoms with Crippen LogP contribution in [0.4, 0.5) is 17.6 Å². The van der Waals surface area contributed by atoms with Gasteiger partial charge in [0.1, 0.15) is 24.9 Å². The minimum Gasteiger partial charge on any atom is -0.364 e. The first-order valence-corrected chi connectivity index (χ1v) is 4.73. The average molecular weight is 248 g/mol. The van der Waals surface area contributed by atoms with Gasteiger partial charge in [-0.3, -0.25) is 0 Å². The van der Waals surface area contributed by atoms with E-state index in [4.69, 9.17) is 0 Å². The third kappa shape index (κ3) is 3.16. The SMILES string of the molecule is Fc1ccc2nc(COCC(F)(F)F)[nH]c2c1. The Labute approximate surface area is 93.4 Å². The Kier molecular flexibility index (Phi) is 3.01. The number of alkyl halides is 3. The van der Waals surface area contributed by atoms with Gasteiger partial charge in [-0.25, -0.2) is 9.37 Å². The summed E-state index contributed by atoms with van der Waals surface area (Å²) < 4.78 is 52.7. The summed E-state index contributed by atoms with van der Waals surface area (Å²) in [4.78, 5) is 6.64. The molecule has 1 N–H and O–H groups in total. The van der Waals surface area contributed by atoms with Crippen LogP contribution in [0.2, 0.25) is 0 Å². The largest absolute Gasteiger partial charge is 0.411 e. The van der Waals surface area contributed by atoms with Crippen LogP contribution in [0.5, 0.6) is 0 Å². The molecule has 0 amide bonds. The molecule has 0 fully saturated rings. The summed E-state index contributed by atoms with van der Waals surface area (Å²) in [6.07, 6.45) is -4.36. The van der Waals surface area contributed by atoms with E-state index in [-0.39, 0.29) is 12.4 Å². The second-order valence-corrected chi connectivity index (χ2v) is 3.45. The second-order valence-electron chi connectivity index (χ2n) is 3.45. The van der Waals surface area contributed by atoms with E-state index in [1.165, 1.54) is 18.2 Å². The Morgan fingerprint density at radius 2 is 2.06 bits per heavy atom. The minimum atomic E-state index is -4.36. The van der Waals surface area contributed by atoms with Crippen LogP contribution < -0.4 is 0 Å². The fourth-order valence-corrected chi connectivity index (χ4v) is 1.37. The van der Waals surface area contributed by atoms with Crippen molar-refractivity contribution in [3.05, 3.63) is 29.8 Å². The molecule has 0 saturated heterocycles. The lowest BCUT2D eigenvalue weighted by Crippen LogP contribution is -2.16. The number of benzene rings is 1. The van der Waals surface area contributed by atoms with Crippen molar-refractivity contribution in [2.45, 2.75) is 12.8 Å². The molecule has 7 heteroatoms. The maximum Gasteiger partial charge on any atom is 0.411 e. The fourth-order valence-electron chi connectivity index (χ4n) is 1.37. The quantitative estimate of drug-likeness (QED) is 0.848. The molecule has 0 bridgehead atoms. The van der Waals surface area contributed by atoms with Crippen molar-refractivity contribution in [2.24, 2.45) is 0 Å². The van der Waals surface area contributed by atoms with Gasteiger partial charge in [0, 0.05) is 0 Å². The van der Waals surface area contributed by atoms with E-state index in [1.54, 1.807) is 0 Å². The van der Waals surface area contributed by atoms with E-state index in [2.05, 4.69) is 14.7 Å². The number of imidazole rings is 1. The van der Waals surface area contributed by atoms with Gasteiger partial charge in [-0.2, -0.15) is 13.2 Å². The van der Waals surface area contributed by atoms with E-state index < -0.39 is 18.6 Å². The molecule has 0 spiro atoms. The summed E-state index contributed by atoms with van der Waals surface area (Å²) in [6, 6.07) is 3.88. The summed E-state index contributed by atoms with van der Waals surface area (Å²) in [5, 5.41) is 0. The van der Waals surface area contributed by atoms with Gasteiger partial charge in [0.25, 0.3) is 0 Å². The molecule has 2 aromatic rings. The first-order chi connectivity index (χ1) is 7.94. The van der Waals surface area contributed by atoms with Gasteiger partial charge in [-0.15, -0.1) is 0 Å². The molecule has 2 rings (SSSR count). The summed E-state index contributed by atoms with van der Waals surface area (Å²) in [7, 11) is 0. The second kappa shape index (κ2) is 4.33. The van der Waals surface area contributed by atoms with Gasteiger partial charge in [-0.05, 0) is 18.2 Å². The van der Waals surface area contributed by atoms with E-state index in [0.29, 0.717) is 11.0 Å². The zero-order valence-electron chi connectivity index (χ0n) is 8.51. The molecule has 92 valence electrons. The Balaban J connectivity index is 2.05. The number of halogens is 4. The fraction of sp³-hybridized carbons (Fsp3) is 0.300. The number of fused-ring (bicyclic) bond motifs is 1. The van der Waals surface area contributed by atoms with Crippen molar-refractivity contribution in [1.29, 1.82) is 0 Å². The Bertz CT molecular complexity index is 520. The van der Waals surface area contributed by atoms with E-state index in [1.807, 2.05) is 0 Å². The Hall–Kier alpha value is -1.63. The van der Waals surface area contributed by atoms with Crippen LogP contribution in [0.15, 0.2) is 18.2 Å². The summed E-state index contributed by atoms with van der Waals surface area (Å²) in [6.45, 7) is -1.63. The Morgan fingerprint density at radius 1 is 1.29 bits per heavy atom. The van der Waals surface area contributed by atoms with Crippen LogP contribution in [-0.2, 0) is 11.3 Å². The standard InChI is InChI=1S/C10H8F4N2O/c11-6-1-2-7-8(3-6)16-9(15-7)4-17-5-10(12,13)14/h1-3H,4-5H2,(H,15,16). The molecular weight excluding hydrogens is 240 g/mol. The van der Waals surface area contributed by atoms with E-state index >= 15 is 0 Å². The normalized spacial score (nSPS) is 12.2. The first-order valence-electron chi connectivity index (χ1n) is 4.73. The van der Waals surface area contributed by atoms with Crippen LogP contribution in [0.25, 0.3) is 11.0 Å². The summed E-state index contributed by atoms with van der Waals surface area (Å²) in [5.74, 6) is -0.209. The maximum atomic E-state index is 12.8. The maximum absolute atomic E-state index is 12.8. The molecule has 0 atom stereocenters. The molecule has 1 aromatic carbocycles. The average Bonchev–Trinajstić information content (AvgIpc) is 2.57. The van der Waals surface area contributed by atoms with Gasteiger partial charge >= 0.3 is 6.18 Å². The zero-order valence-corrected chi connectivity index (χ0v) is 8.51. The lowest BCUT2D eigenvalue weighted by Gasteiger charge is -2.05. The molecular formula is C10H8F4N2O. The van der Waals surface area contributed by atoms with Crippen LogP contribution in [-0.4, -0.2) is 22.8 Å². The Morgan fingerprint density at radius 3 is 2.76 bits per heavy atom.